The molecule has 0 fully saturated rings. The van der Waals surface area contributed by atoms with Gasteiger partial charge in [-0.25, -0.2) is 9.37 Å². The molecular formula is C13H8Br2FN3. The summed E-state index contributed by atoms with van der Waals surface area (Å²) in [6, 6.07) is 10.3. The van der Waals surface area contributed by atoms with E-state index in [1.165, 1.54) is 6.07 Å². The van der Waals surface area contributed by atoms with E-state index in [0.29, 0.717) is 11.2 Å². The zero-order valence-corrected chi connectivity index (χ0v) is 12.7. The van der Waals surface area contributed by atoms with Crippen LogP contribution in [-0.2, 0) is 0 Å². The quantitative estimate of drug-likeness (QED) is 0.680. The highest BCUT2D eigenvalue weighted by Crippen LogP contribution is 2.28. The zero-order chi connectivity index (χ0) is 13.6. The van der Waals surface area contributed by atoms with Crippen molar-refractivity contribution in [3.05, 3.63) is 51.2 Å². The molecule has 19 heavy (non-hydrogen) atoms. The predicted molar refractivity (Wildman–Crippen MR) is 80.8 cm³/mol. The molecule has 2 N–H and O–H groups in total. The second-order valence-electron chi connectivity index (χ2n) is 4.03. The molecule has 0 saturated heterocycles. The van der Waals surface area contributed by atoms with Crippen LogP contribution < -0.4 is 5.73 Å². The molecule has 0 aliphatic heterocycles. The molecule has 0 aliphatic carbocycles. The summed E-state index contributed by atoms with van der Waals surface area (Å²) in [7, 11) is 0. The van der Waals surface area contributed by atoms with E-state index in [-0.39, 0.29) is 11.8 Å². The molecule has 0 radical (unpaired) electrons. The molecular weight excluding hydrogens is 377 g/mol. The number of hydrogen-bond donors (Lipinski definition) is 1. The third-order valence-electron chi connectivity index (χ3n) is 2.79. The lowest BCUT2D eigenvalue weighted by Gasteiger charge is -2.08. The van der Waals surface area contributed by atoms with Crippen molar-refractivity contribution in [3.63, 3.8) is 0 Å². The van der Waals surface area contributed by atoms with Crippen LogP contribution in [0.4, 0.5) is 10.3 Å². The van der Waals surface area contributed by atoms with E-state index in [4.69, 9.17) is 5.73 Å². The van der Waals surface area contributed by atoms with Crippen molar-refractivity contribution < 1.29 is 4.39 Å². The Hall–Kier alpha value is -1.40. The maximum atomic E-state index is 14.0. The first-order chi connectivity index (χ1) is 9.06. The molecule has 0 amide bonds. The van der Waals surface area contributed by atoms with Crippen molar-refractivity contribution >= 4 is 48.8 Å². The number of rotatable bonds is 1. The topological polar surface area (TPSA) is 43.8 Å². The fourth-order valence-corrected chi connectivity index (χ4v) is 2.68. The number of nitrogens with zero attached hydrogens (tertiary/aromatic N) is 2. The van der Waals surface area contributed by atoms with Crippen LogP contribution in [0.15, 0.2) is 45.3 Å². The Kier molecular flexibility index (Phi) is 3.06. The van der Waals surface area contributed by atoms with E-state index in [9.17, 15) is 4.39 Å². The van der Waals surface area contributed by atoms with Gasteiger partial charge in [-0.05, 0) is 36.4 Å². The number of nitrogens with two attached hydrogens (primary N) is 1. The standard InChI is InChI=1S/C13H8Br2FN3/c14-7-2-4-11-10(5-7)18-13(17)19(11)12-6-8(15)1-3-9(12)16/h1-6H,(H2,17,18). The van der Waals surface area contributed by atoms with Gasteiger partial charge < -0.3 is 5.73 Å². The van der Waals surface area contributed by atoms with Crippen molar-refractivity contribution in [1.29, 1.82) is 0 Å². The summed E-state index contributed by atoms with van der Waals surface area (Å²) in [5.74, 6) is -0.0952. The molecule has 1 aromatic heterocycles. The summed E-state index contributed by atoms with van der Waals surface area (Å²) in [5, 5.41) is 0. The van der Waals surface area contributed by atoms with Gasteiger partial charge in [-0.1, -0.05) is 31.9 Å². The Labute approximate surface area is 125 Å². The van der Waals surface area contributed by atoms with Gasteiger partial charge in [0.05, 0.1) is 16.7 Å². The highest BCUT2D eigenvalue weighted by atomic mass is 79.9. The van der Waals surface area contributed by atoms with Crippen LogP contribution in [0, 0.1) is 5.82 Å². The largest absolute Gasteiger partial charge is 0.369 e. The lowest BCUT2D eigenvalue weighted by molar-refractivity contribution is 0.619. The number of fused-ring (bicyclic) bond motifs is 1. The van der Waals surface area contributed by atoms with Gasteiger partial charge in [0.15, 0.2) is 0 Å². The first-order valence-electron chi connectivity index (χ1n) is 5.45. The Morgan fingerprint density at radius 2 is 1.74 bits per heavy atom. The first kappa shape index (κ1) is 12.6. The minimum atomic E-state index is -0.350. The van der Waals surface area contributed by atoms with Gasteiger partial charge in [0, 0.05) is 8.95 Å². The molecule has 0 unspecified atom stereocenters. The van der Waals surface area contributed by atoms with E-state index >= 15 is 0 Å². The highest BCUT2D eigenvalue weighted by Gasteiger charge is 2.14. The van der Waals surface area contributed by atoms with E-state index in [1.807, 2.05) is 18.2 Å². The Morgan fingerprint density at radius 1 is 1.05 bits per heavy atom. The van der Waals surface area contributed by atoms with Crippen molar-refractivity contribution in [1.82, 2.24) is 9.55 Å². The molecule has 3 rings (SSSR count). The van der Waals surface area contributed by atoms with Gasteiger partial charge >= 0.3 is 0 Å². The number of benzene rings is 2. The minimum absolute atomic E-state index is 0.255. The summed E-state index contributed by atoms with van der Waals surface area (Å²) in [4.78, 5) is 4.25. The Bertz CT molecular complexity index is 783. The molecule has 0 spiro atoms. The average molecular weight is 385 g/mol. The second-order valence-corrected chi connectivity index (χ2v) is 5.87. The van der Waals surface area contributed by atoms with E-state index < -0.39 is 0 Å². The summed E-state index contributed by atoms with van der Waals surface area (Å²) >= 11 is 6.71. The number of halogens is 3. The van der Waals surface area contributed by atoms with E-state index in [1.54, 1.807) is 16.7 Å². The minimum Gasteiger partial charge on any atom is -0.369 e. The monoisotopic (exact) mass is 383 g/mol. The number of imidazole rings is 1. The maximum absolute atomic E-state index is 14.0. The molecule has 96 valence electrons. The van der Waals surface area contributed by atoms with Crippen LogP contribution in [-0.4, -0.2) is 9.55 Å². The van der Waals surface area contributed by atoms with E-state index in [0.717, 1.165) is 14.5 Å². The average Bonchev–Trinajstić information content (AvgIpc) is 2.67. The van der Waals surface area contributed by atoms with Gasteiger partial charge in [0.1, 0.15) is 5.82 Å². The van der Waals surface area contributed by atoms with Crippen molar-refractivity contribution in [2.45, 2.75) is 0 Å². The number of nitrogen functional groups attached to an aromatic ring is 1. The molecule has 3 aromatic rings. The molecule has 1 heterocycles. The third kappa shape index (κ3) is 2.15. The zero-order valence-electron chi connectivity index (χ0n) is 9.57. The third-order valence-corrected chi connectivity index (χ3v) is 3.78. The van der Waals surface area contributed by atoms with Crippen molar-refractivity contribution in [2.75, 3.05) is 5.73 Å². The Balaban J connectivity index is 2.36. The summed E-state index contributed by atoms with van der Waals surface area (Å²) in [5.41, 5.74) is 7.76. The summed E-state index contributed by atoms with van der Waals surface area (Å²) in [6.45, 7) is 0. The number of aromatic nitrogens is 2. The molecule has 0 aliphatic rings. The van der Waals surface area contributed by atoms with Crippen LogP contribution in [0.25, 0.3) is 16.7 Å². The van der Waals surface area contributed by atoms with Gasteiger partial charge in [0.2, 0.25) is 5.95 Å². The normalized spacial score (nSPS) is 11.1. The van der Waals surface area contributed by atoms with Gasteiger partial charge in [-0.2, -0.15) is 0 Å². The first-order valence-corrected chi connectivity index (χ1v) is 7.04. The fourth-order valence-electron chi connectivity index (χ4n) is 1.98. The number of hydrogen-bond acceptors (Lipinski definition) is 2. The van der Waals surface area contributed by atoms with Crippen molar-refractivity contribution in [3.8, 4) is 5.69 Å². The second kappa shape index (κ2) is 4.61. The summed E-state index contributed by atoms with van der Waals surface area (Å²) in [6.07, 6.45) is 0. The van der Waals surface area contributed by atoms with Gasteiger partial charge in [-0.3, -0.25) is 4.57 Å². The molecule has 0 bridgehead atoms. The predicted octanol–water partition coefficient (Wildman–Crippen LogP) is 4.27. The summed E-state index contributed by atoms with van der Waals surface area (Å²) < 4.78 is 17.3. The molecule has 3 nitrogen and oxygen atoms in total. The lowest BCUT2D eigenvalue weighted by atomic mass is 10.2. The van der Waals surface area contributed by atoms with Gasteiger partial charge in [0.25, 0.3) is 0 Å². The van der Waals surface area contributed by atoms with Crippen LogP contribution in [0.1, 0.15) is 0 Å². The smallest absolute Gasteiger partial charge is 0.206 e. The Morgan fingerprint density at radius 3 is 2.53 bits per heavy atom. The van der Waals surface area contributed by atoms with Crippen LogP contribution in [0.3, 0.4) is 0 Å². The van der Waals surface area contributed by atoms with Crippen LogP contribution in [0.5, 0.6) is 0 Å². The number of anilines is 1. The van der Waals surface area contributed by atoms with Crippen LogP contribution >= 0.6 is 31.9 Å². The van der Waals surface area contributed by atoms with Gasteiger partial charge in [-0.15, -0.1) is 0 Å². The van der Waals surface area contributed by atoms with Crippen molar-refractivity contribution in [2.24, 2.45) is 0 Å². The molecule has 0 saturated carbocycles. The lowest BCUT2D eigenvalue weighted by Crippen LogP contribution is -2.02. The SMILES string of the molecule is Nc1nc2cc(Br)ccc2n1-c1cc(Br)ccc1F. The fraction of sp³-hybridized carbons (Fsp3) is 0. The van der Waals surface area contributed by atoms with Crippen LogP contribution in [0.2, 0.25) is 0 Å². The van der Waals surface area contributed by atoms with E-state index in [2.05, 4.69) is 36.8 Å². The molecule has 2 aromatic carbocycles. The molecule has 6 heteroatoms. The highest BCUT2D eigenvalue weighted by molar-refractivity contribution is 9.10. The molecule has 0 atom stereocenters. The maximum Gasteiger partial charge on any atom is 0.206 e.